The van der Waals surface area contributed by atoms with Crippen molar-refractivity contribution in [3.63, 3.8) is 0 Å². The summed E-state index contributed by atoms with van der Waals surface area (Å²) in [5.41, 5.74) is 1.18. The van der Waals surface area contributed by atoms with Crippen molar-refractivity contribution in [1.29, 1.82) is 0 Å². The Hall–Kier alpha value is -1.95. The molecule has 0 aliphatic heterocycles. The van der Waals surface area contributed by atoms with Crippen LogP contribution in [0.3, 0.4) is 0 Å². The molecule has 0 aromatic heterocycles. The van der Waals surface area contributed by atoms with E-state index in [0.717, 1.165) is 31.9 Å². The molecule has 4 rings (SSSR count). The van der Waals surface area contributed by atoms with Crippen LogP contribution in [0.4, 0.5) is 0 Å². The van der Waals surface area contributed by atoms with Crippen LogP contribution in [-0.2, 0) is 22.4 Å². The van der Waals surface area contributed by atoms with E-state index in [2.05, 4.69) is 108 Å². The van der Waals surface area contributed by atoms with Gasteiger partial charge in [-0.2, -0.15) is 42.3 Å². The van der Waals surface area contributed by atoms with E-state index in [0.29, 0.717) is 11.1 Å². The number of benzene rings is 4. The summed E-state index contributed by atoms with van der Waals surface area (Å²) in [6, 6.07) is 20.4. The van der Waals surface area contributed by atoms with Gasteiger partial charge >= 0.3 is 22.4 Å². The van der Waals surface area contributed by atoms with Gasteiger partial charge in [-0.1, -0.05) is 139 Å². The Morgan fingerprint density at radius 1 is 0.500 bits per heavy atom. The molecule has 0 saturated heterocycles. The molecule has 4 aromatic carbocycles. The summed E-state index contributed by atoms with van der Waals surface area (Å²) in [5.74, 6) is 0.0739. The normalized spacial score (nSPS) is 11.7. The van der Waals surface area contributed by atoms with Crippen molar-refractivity contribution in [3.05, 3.63) is 76.6 Å². The van der Waals surface area contributed by atoms with E-state index in [-0.39, 0.29) is 44.0 Å². The fourth-order valence-electron chi connectivity index (χ4n) is 4.89. The fourth-order valence-corrected chi connectivity index (χ4v) is 8.92. The summed E-state index contributed by atoms with van der Waals surface area (Å²) in [5, 5.41) is 45.2. The van der Waals surface area contributed by atoms with Gasteiger partial charge in [0.1, 0.15) is 0 Å². The summed E-state index contributed by atoms with van der Waals surface area (Å²) in [6.45, 7) is 22.5. The Balaban J connectivity index is 0.00000182. The monoisotopic (exact) mass is 825 g/mol. The van der Waals surface area contributed by atoms with Crippen LogP contribution in [0.5, 0.6) is 11.5 Å². The number of nitrogens with zero attached hydrogens (tertiary/aromatic N) is 3. The molecular formula is C38H58N3O2Si2Ta. The van der Waals surface area contributed by atoms with Crippen LogP contribution >= 0.6 is 0 Å². The largest absolute Gasteiger partial charge is 5.00 e. The second-order valence-electron chi connectivity index (χ2n) is 14.8. The molecule has 0 atom stereocenters. The summed E-state index contributed by atoms with van der Waals surface area (Å²) < 4.78 is 0. The quantitative estimate of drug-likeness (QED) is 0.193. The molecule has 0 N–H and O–H groups in total. The maximum absolute atomic E-state index is 14.5. The first-order valence-electron chi connectivity index (χ1n) is 15.7. The standard InChI is InChI=1S/C32H42O2Si2.3C2H6N.Ta/c1-31(2,3)35(7,8)25-19-21-15-11-13-17-23(21)27(29(25)33)28-24-18-14-12-16-22(24)20-26(30(28)34)36(9,10)32(4,5)6;3*1-3-2;/h11-20,33-34H,1-10H3;3*1-2H3;/q;3*-1;+5/p-2. The molecule has 250 valence electrons. The van der Waals surface area contributed by atoms with Crippen molar-refractivity contribution in [3.8, 4) is 22.6 Å². The molecule has 0 spiro atoms. The van der Waals surface area contributed by atoms with Gasteiger partial charge in [-0.25, -0.2) is 0 Å². The zero-order valence-electron chi connectivity index (χ0n) is 31.4. The third-order valence-corrected chi connectivity index (χ3v) is 20.3. The molecule has 0 bridgehead atoms. The van der Waals surface area contributed by atoms with Gasteiger partial charge in [0.05, 0.1) is 16.1 Å². The topological polar surface area (TPSA) is 88.4 Å². The second-order valence-corrected chi connectivity index (χ2v) is 25.4. The Bertz CT molecular complexity index is 1420. The van der Waals surface area contributed by atoms with Crippen molar-refractivity contribution in [2.75, 3.05) is 42.3 Å². The smallest absolute Gasteiger partial charge is 0.872 e. The predicted molar refractivity (Wildman–Crippen MR) is 205 cm³/mol. The molecule has 4 aromatic rings. The van der Waals surface area contributed by atoms with Gasteiger partial charge in [0.25, 0.3) is 0 Å². The Morgan fingerprint density at radius 3 is 0.978 bits per heavy atom. The van der Waals surface area contributed by atoms with Gasteiger partial charge in [-0.3, -0.25) is 0 Å². The molecule has 0 heterocycles. The van der Waals surface area contributed by atoms with Crippen LogP contribution in [0, 0.1) is 0 Å². The van der Waals surface area contributed by atoms with Crippen molar-refractivity contribution < 1.29 is 32.6 Å². The fraction of sp³-hybridized carbons (Fsp3) is 0.474. The first-order chi connectivity index (χ1) is 20.7. The molecule has 8 heteroatoms. The maximum Gasteiger partial charge on any atom is 5.00 e. The minimum Gasteiger partial charge on any atom is -0.872 e. The van der Waals surface area contributed by atoms with E-state index in [9.17, 15) is 10.2 Å². The van der Waals surface area contributed by atoms with Crippen LogP contribution in [0.15, 0.2) is 60.7 Å². The van der Waals surface area contributed by atoms with Gasteiger partial charge in [0, 0.05) is 0 Å². The van der Waals surface area contributed by atoms with Crippen molar-refractivity contribution in [2.45, 2.75) is 77.8 Å². The number of fused-ring (bicyclic) bond motifs is 2. The molecule has 0 unspecified atom stereocenters. The van der Waals surface area contributed by atoms with E-state index in [1.807, 2.05) is 36.4 Å². The average Bonchev–Trinajstić information content (AvgIpc) is 2.93. The second kappa shape index (κ2) is 18.0. The minimum absolute atomic E-state index is 0. The molecule has 0 saturated carbocycles. The van der Waals surface area contributed by atoms with Gasteiger partial charge in [0.2, 0.25) is 0 Å². The summed E-state index contributed by atoms with van der Waals surface area (Å²) in [7, 11) is 6.14. The van der Waals surface area contributed by atoms with E-state index in [1.54, 1.807) is 42.3 Å². The summed E-state index contributed by atoms with van der Waals surface area (Å²) in [6.07, 6.45) is 0. The zero-order valence-corrected chi connectivity index (χ0v) is 36.6. The average molecular weight is 826 g/mol. The molecule has 46 heavy (non-hydrogen) atoms. The number of hydrogen-bond acceptors (Lipinski definition) is 2. The Labute approximate surface area is 298 Å². The Morgan fingerprint density at radius 2 is 0.739 bits per heavy atom. The van der Waals surface area contributed by atoms with Gasteiger partial charge in [-0.15, -0.1) is 11.5 Å². The van der Waals surface area contributed by atoms with E-state index < -0.39 is 16.1 Å². The molecule has 5 nitrogen and oxygen atoms in total. The summed E-state index contributed by atoms with van der Waals surface area (Å²) >= 11 is 0. The Kier molecular flexibility index (Phi) is 17.2. The molecule has 0 amide bonds. The van der Waals surface area contributed by atoms with Crippen molar-refractivity contribution >= 4 is 48.1 Å². The number of rotatable bonds is 3. The molecular weight excluding hydrogens is 768 g/mol. The third kappa shape index (κ3) is 9.57. The van der Waals surface area contributed by atoms with Crippen LogP contribution in [0.25, 0.3) is 48.6 Å². The van der Waals surface area contributed by atoms with E-state index in [1.165, 1.54) is 0 Å². The van der Waals surface area contributed by atoms with Crippen molar-refractivity contribution in [1.82, 2.24) is 0 Å². The van der Waals surface area contributed by atoms with Gasteiger partial charge in [-0.05, 0) is 42.7 Å². The van der Waals surface area contributed by atoms with Crippen LogP contribution in [0.2, 0.25) is 36.3 Å². The maximum atomic E-state index is 14.5. The molecule has 0 radical (unpaired) electrons. The third-order valence-electron chi connectivity index (χ3n) is 9.35. The van der Waals surface area contributed by atoms with E-state index in [4.69, 9.17) is 0 Å². The zero-order chi connectivity index (χ0) is 35.0. The van der Waals surface area contributed by atoms with Gasteiger partial charge in [0.15, 0.2) is 0 Å². The van der Waals surface area contributed by atoms with Crippen LogP contribution in [0.1, 0.15) is 41.5 Å². The number of hydrogen-bond donors (Lipinski definition) is 0. The molecule has 0 fully saturated rings. The van der Waals surface area contributed by atoms with Crippen LogP contribution < -0.4 is 20.6 Å². The van der Waals surface area contributed by atoms with Crippen molar-refractivity contribution in [2.24, 2.45) is 0 Å². The van der Waals surface area contributed by atoms with Gasteiger partial charge < -0.3 is 26.2 Å². The first kappa shape index (κ1) is 44.1. The van der Waals surface area contributed by atoms with E-state index >= 15 is 0 Å². The van der Waals surface area contributed by atoms with Crippen LogP contribution in [-0.4, -0.2) is 58.4 Å². The SMILES string of the molecule is CC(C)(C)[Si](C)(C)c1cc2ccccc2c(-c2c([O-])c([Si](C)(C)C(C)(C)C)cc3ccccc23)c1[O-].C[N-]C.C[N-]C.C[N-]C.[Ta+5]. The minimum atomic E-state index is -2.18. The molecule has 0 aliphatic rings. The first-order valence-corrected chi connectivity index (χ1v) is 21.7. The molecule has 0 aliphatic carbocycles. The predicted octanol–water partition coefficient (Wildman–Crippen LogP) is 9.09. The summed E-state index contributed by atoms with van der Waals surface area (Å²) in [4.78, 5) is 0.